The fourth-order valence-corrected chi connectivity index (χ4v) is 3.57. The third-order valence-corrected chi connectivity index (χ3v) is 4.97. The van der Waals surface area contributed by atoms with Crippen molar-refractivity contribution in [1.82, 2.24) is 4.90 Å². The second-order valence-electron chi connectivity index (χ2n) is 6.37. The van der Waals surface area contributed by atoms with E-state index in [1.807, 2.05) is 18.2 Å². The van der Waals surface area contributed by atoms with Crippen LogP contribution in [-0.4, -0.2) is 43.8 Å². The highest BCUT2D eigenvalue weighted by molar-refractivity contribution is 5.80. The molecule has 2 fully saturated rings. The molecule has 0 N–H and O–H groups in total. The Hall–Kier alpha value is -1.62. The van der Waals surface area contributed by atoms with Crippen LogP contribution in [0.15, 0.2) is 24.3 Å². The Kier molecular flexibility index (Phi) is 4.34. The van der Waals surface area contributed by atoms with E-state index in [1.54, 1.807) is 13.1 Å². The standard InChI is InChI=1S/C9H15NO.C8H8FNO.H2/c1-10-5-4-7-2-3-8(11)6-9(7)10;1-10-6-4-2-3-5-7(6)11-8(10)9;/h7,9H,2-6H2,1H3;2-5,8H,1H3;1H/t;8-;/m.0./s1. The predicted octanol–water partition coefficient (Wildman–Crippen LogP) is 3.07. The number of ketones is 1. The molecule has 0 radical (unpaired) electrons. The summed E-state index contributed by atoms with van der Waals surface area (Å²) in [4.78, 5) is 14.9. The molecule has 1 aromatic carbocycles. The van der Waals surface area contributed by atoms with Crippen LogP contribution in [0.1, 0.15) is 27.1 Å². The van der Waals surface area contributed by atoms with E-state index in [-0.39, 0.29) is 1.43 Å². The van der Waals surface area contributed by atoms with Gasteiger partial charge in [-0.2, -0.15) is 4.39 Å². The minimum Gasteiger partial charge on any atom is -0.441 e. The van der Waals surface area contributed by atoms with Gasteiger partial charge in [0.1, 0.15) is 11.5 Å². The van der Waals surface area contributed by atoms with Gasteiger partial charge in [0.25, 0.3) is 0 Å². The van der Waals surface area contributed by atoms with Crippen LogP contribution in [0.3, 0.4) is 0 Å². The Labute approximate surface area is 132 Å². The summed E-state index contributed by atoms with van der Waals surface area (Å²) in [5.41, 5.74) is 0.806. The molecule has 0 bridgehead atoms. The van der Waals surface area contributed by atoms with Gasteiger partial charge in [-0.3, -0.25) is 4.79 Å². The first kappa shape index (κ1) is 15.3. The molecule has 1 saturated heterocycles. The van der Waals surface area contributed by atoms with Crippen LogP contribution in [0.25, 0.3) is 0 Å². The lowest BCUT2D eigenvalue weighted by Gasteiger charge is -2.28. The highest BCUT2D eigenvalue weighted by Gasteiger charge is 2.36. The van der Waals surface area contributed by atoms with Crippen molar-refractivity contribution in [1.29, 1.82) is 0 Å². The van der Waals surface area contributed by atoms with Gasteiger partial charge in [-0.15, -0.1) is 0 Å². The number of hydrogen-bond donors (Lipinski definition) is 0. The second-order valence-corrected chi connectivity index (χ2v) is 6.37. The van der Waals surface area contributed by atoms with Crippen molar-refractivity contribution < 1.29 is 15.3 Å². The van der Waals surface area contributed by atoms with Gasteiger partial charge in [0.2, 0.25) is 0 Å². The van der Waals surface area contributed by atoms with Gasteiger partial charge in [0.15, 0.2) is 0 Å². The van der Waals surface area contributed by atoms with E-state index in [2.05, 4.69) is 11.9 Å². The first-order valence-corrected chi connectivity index (χ1v) is 7.91. The Bertz CT molecular complexity index is 557. The summed E-state index contributed by atoms with van der Waals surface area (Å²) < 4.78 is 17.7. The number of hydrogen-bond acceptors (Lipinski definition) is 4. The summed E-state index contributed by atoms with van der Waals surface area (Å²) in [6.45, 7) is -0.129. The topological polar surface area (TPSA) is 32.8 Å². The Morgan fingerprint density at radius 1 is 1.27 bits per heavy atom. The fourth-order valence-electron chi connectivity index (χ4n) is 3.57. The SMILES string of the molecule is CN1CCC2CCC(=O)CC21.CN1c2ccccc2O[C@H]1F.[HH]. The molecule has 0 aromatic heterocycles. The zero-order valence-corrected chi connectivity index (χ0v) is 13.2. The van der Waals surface area contributed by atoms with Crippen LogP contribution < -0.4 is 9.64 Å². The van der Waals surface area contributed by atoms with Crippen molar-refractivity contribution in [2.24, 2.45) is 5.92 Å². The summed E-state index contributed by atoms with van der Waals surface area (Å²) in [7, 11) is 3.81. The average Bonchev–Trinajstić information content (AvgIpc) is 3.02. The Morgan fingerprint density at radius 2 is 2.05 bits per heavy atom. The maximum Gasteiger partial charge on any atom is 0.321 e. The van der Waals surface area contributed by atoms with E-state index >= 15 is 0 Å². The lowest BCUT2D eigenvalue weighted by molar-refractivity contribution is -0.122. The molecule has 1 aromatic rings. The van der Waals surface area contributed by atoms with Gasteiger partial charge in [-0.25, -0.2) is 0 Å². The molecule has 2 heterocycles. The van der Waals surface area contributed by atoms with Crippen molar-refractivity contribution in [2.75, 3.05) is 25.5 Å². The van der Waals surface area contributed by atoms with Gasteiger partial charge >= 0.3 is 6.48 Å². The molecule has 122 valence electrons. The van der Waals surface area contributed by atoms with Crippen LogP contribution in [-0.2, 0) is 4.79 Å². The van der Waals surface area contributed by atoms with Gasteiger partial charge in [-0.05, 0) is 44.5 Å². The highest BCUT2D eigenvalue weighted by Crippen LogP contribution is 2.35. The number of carbonyl (C=O) groups is 1. The molecule has 2 aliphatic heterocycles. The molecular formula is C17H25FN2O2. The first-order chi connectivity index (χ1) is 10.6. The smallest absolute Gasteiger partial charge is 0.321 e. The zero-order chi connectivity index (χ0) is 15.7. The molecule has 3 aliphatic rings. The van der Waals surface area contributed by atoms with E-state index in [4.69, 9.17) is 4.74 Å². The fraction of sp³-hybridized carbons (Fsp3) is 0.588. The predicted molar refractivity (Wildman–Crippen MR) is 85.9 cm³/mol. The normalized spacial score (nSPS) is 30.2. The van der Waals surface area contributed by atoms with Crippen molar-refractivity contribution >= 4 is 11.5 Å². The van der Waals surface area contributed by atoms with Crippen molar-refractivity contribution in [2.45, 2.75) is 38.2 Å². The lowest BCUT2D eigenvalue weighted by atomic mass is 9.84. The maximum absolute atomic E-state index is 12.8. The average molecular weight is 308 g/mol. The van der Waals surface area contributed by atoms with E-state index in [1.165, 1.54) is 17.9 Å². The quantitative estimate of drug-likeness (QED) is 0.690. The number of likely N-dealkylation sites (tertiary alicyclic amines) is 1. The summed E-state index contributed by atoms with van der Waals surface area (Å²) in [6, 6.07) is 7.86. The molecule has 2 unspecified atom stereocenters. The number of halogens is 1. The number of nitrogens with zero attached hydrogens (tertiary/aromatic N) is 2. The van der Waals surface area contributed by atoms with Gasteiger partial charge in [-0.1, -0.05) is 12.1 Å². The molecule has 5 heteroatoms. The van der Waals surface area contributed by atoms with Crippen molar-refractivity contribution in [3.05, 3.63) is 24.3 Å². The zero-order valence-electron chi connectivity index (χ0n) is 13.2. The number of para-hydroxylation sites is 2. The minimum absolute atomic E-state index is 0. The molecular weight excluding hydrogens is 283 g/mol. The highest BCUT2D eigenvalue weighted by atomic mass is 19.1. The molecule has 1 saturated carbocycles. The van der Waals surface area contributed by atoms with Gasteiger partial charge < -0.3 is 14.5 Å². The van der Waals surface area contributed by atoms with Crippen LogP contribution in [0, 0.1) is 5.92 Å². The Morgan fingerprint density at radius 3 is 2.82 bits per heavy atom. The van der Waals surface area contributed by atoms with E-state index < -0.39 is 6.48 Å². The maximum atomic E-state index is 12.8. The summed E-state index contributed by atoms with van der Waals surface area (Å²) in [6.07, 6.45) is 4.12. The van der Waals surface area contributed by atoms with Crippen LogP contribution >= 0.6 is 0 Å². The summed E-state index contributed by atoms with van der Waals surface area (Å²) in [5, 5.41) is 0. The lowest BCUT2D eigenvalue weighted by Crippen LogP contribution is -2.35. The monoisotopic (exact) mass is 308 g/mol. The third-order valence-electron chi connectivity index (χ3n) is 4.97. The molecule has 4 rings (SSSR count). The number of carbonyl (C=O) groups excluding carboxylic acids is 1. The molecule has 3 atom stereocenters. The number of anilines is 1. The van der Waals surface area contributed by atoms with Gasteiger partial charge in [0.05, 0.1) is 5.69 Å². The third kappa shape index (κ3) is 2.95. The number of benzene rings is 1. The van der Waals surface area contributed by atoms with E-state index in [9.17, 15) is 9.18 Å². The van der Waals surface area contributed by atoms with Crippen LogP contribution in [0.5, 0.6) is 5.75 Å². The largest absolute Gasteiger partial charge is 0.441 e. The number of fused-ring (bicyclic) bond motifs is 2. The van der Waals surface area contributed by atoms with Crippen molar-refractivity contribution in [3.63, 3.8) is 0 Å². The molecule has 22 heavy (non-hydrogen) atoms. The molecule has 0 spiro atoms. The van der Waals surface area contributed by atoms with Crippen LogP contribution in [0.2, 0.25) is 0 Å². The number of rotatable bonds is 0. The second kappa shape index (κ2) is 6.24. The van der Waals surface area contributed by atoms with Crippen molar-refractivity contribution in [3.8, 4) is 5.75 Å². The first-order valence-electron chi connectivity index (χ1n) is 7.91. The molecule has 1 aliphatic carbocycles. The van der Waals surface area contributed by atoms with E-state index in [0.29, 0.717) is 17.6 Å². The summed E-state index contributed by atoms with van der Waals surface area (Å²) in [5.74, 6) is 1.92. The number of alkyl halides is 1. The van der Waals surface area contributed by atoms with Gasteiger partial charge in [0, 0.05) is 27.4 Å². The van der Waals surface area contributed by atoms with E-state index in [0.717, 1.165) is 30.9 Å². The number of Topliss-reactive ketones (excluding diaryl/α,β-unsaturated/α-hetero) is 1. The summed E-state index contributed by atoms with van der Waals surface area (Å²) >= 11 is 0. The minimum atomic E-state index is -1.33. The molecule has 4 nitrogen and oxygen atoms in total. The molecule has 0 amide bonds. The van der Waals surface area contributed by atoms with Crippen LogP contribution in [0.4, 0.5) is 10.1 Å². The Balaban J connectivity index is 0.000000160. The number of ether oxygens (including phenoxy) is 1.